The van der Waals surface area contributed by atoms with Gasteiger partial charge in [0.25, 0.3) is 0 Å². The molecule has 0 amide bonds. The fourth-order valence-corrected chi connectivity index (χ4v) is 1.62. The Morgan fingerprint density at radius 2 is 2.50 bits per heavy atom. The van der Waals surface area contributed by atoms with Crippen LogP contribution in [0.4, 0.5) is 4.39 Å². The molecule has 0 spiro atoms. The van der Waals surface area contributed by atoms with Gasteiger partial charge in [0.15, 0.2) is 0 Å². The zero-order chi connectivity index (χ0) is 9.97. The summed E-state index contributed by atoms with van der Waals surface area (Å²) in [6, 6.07) is 2.10. The van der Waals surface area contributed by atoms with Crippen molar-refractivity contribution < 1.29 is 9.13 Å². The molecule has 0 aliphatic carbocycles. The Kier molecular flexibility index (Phi) is 3.17. The molecule has 2 rings (SSSR count). The molecule has 0 radical (unpaired) electrons. The van der Waals surface area contributed by atoms with Crippen LogP contribution in [0.1, 0.15) is 6.42 Å². The molecule has 0 bridgehead atoms. The lowest BCUT2D eigenvalue weighted by atomic mass is 10.1. The molecular formula is C9H10FIN2O. The van der Waals surface area contributed by atoms with Gasteiger partial charge in [0.05, 0.1) is 9.77 Å². The lowest BCUT2D eigenvalue weighted by Gasteiger charge is -2.27. The Morgan fingerprint density at radius 1 is 1.71 bits per heavy atom. The van der Waals surface area contributed by atoms with Crippen molar-refractivity contribution in [1.82, 2.24) is 10.3 Å². The lowest BCUT2D eigenvalue weighted by molar-refractivity contribution is 0.216. The van der Waals surface area contributed by atoms with Crippen molar-refractivity contribution in [3.63, 3.8) is 0 Å². The van der Waals surface area contributed by atoms with Gasteiger partial charge < -0.3 is 10.1 Å². The van der Waals surface area contributed by atoms with E-state index in [0.29, 0.717) is 22.0 Å². The second-order valence-corrected chi connectivity index (χ2v) is 4.36. The molecule has 1 aromatic rings. The van der Waals surface area contributed by atoms with Gasteiger partial charge in [-0.05, 0) is 41.6 Å². The first-order valence-corrected chi connectivity index (χ1v) is 5.51. The van der Waals surface area contributed by atoms with E-state index in [0.717, 1.165) is 13.0 Å². The number of nitrogens with one attached hydrogen (secondary N) is 1. The van der Waals surface area contributed by atoms with Crippen LogP contribution >= 0.6 is 22.6 Å². The van der Waals surface area contributed by atoms with E-state index in [9.17, 15) is 4.39 Å². The molecule has 0 unspecified atom stereocenters. The summed E-state index contributed by atoms with van der Waals surface area (Å²) in [5, 5.41) is 3.22. The van der Waals surface area contributed by atoms with Gasteiger partial charge >= 0.3 is 0 Å². The maximum atomic E-state index is 12.8. The molecule has 76 valence electrons. The van der Waals surface area contributed by atoms with Gasteiger partial charge in [-0.1, -0.05) is 0 Å². The van der Waals surface area contributed by atoms with Gasteiger partial charge in [-0.3, -0.25) is 0 Å². The first-order valence-electron chi connectivity index (χ1n) is 4.43. The van der Waals surface area contributed by atoms with Crippen molar-refractivity contribution in [2.24, 2.45) is 0 Å². The minimum Gasteiger partial charge on any atom is -0.490 e. The second-order valence-electron chi connectivity index (χ2n) is 3.19. The Morgan fingerprint density at radius 3 is 3.07 bits per heavy atom. The quantitative estimate of drug-likeness (QED) is 0.680. The summed E-state index contributed by atoms with van der Waals surface area (Å²) in [4.78, 5) is 3.58. The van der Waals surface area contributed by atoms with Crippen molar-refractivity contribution in [2.45, 2.75) is 12.5 Å². The van der Waals surface area contributed by atoms with Crippen LogP contribution in [0.5, 0.6) is 5.75 Å². The molecule has 1 saturated heterocycles. The van der Waals surface area contributed by atoms with E-state index >= 15 is 0 Å². The molecule has 14 heavy (non-hydrogen) atoms. The second kappa shape index (κ2) is 4.39. The Labute approximate surface area is 95.2 Å². The van der Waals surface area contributed by atoms with Crippen LogP contribution in [0.2, 0.25) is 0 Å². The van der Waals surface area contributed by atoms with E-state index in [1.165, 1.54) is 6.20 Å². The fourth-order valence-electron chi connectivity index (χ4n) is 1.17. The molecule has 2 heterocycles. The average molecular weight is 308 g/mol. The maximum Gasteiger partial charge on any atom is 0.226 e. The van der Waals surface area contributed by atoms with E-state index in [1.807, 2.05) is 22.6 Å². The Bertz CT molecular complexity index is 331. The molecule has 1 atom stereocenters. The summed E-state index contributed by atoms with van der Waals surface area (Å²) in [7, 11) is 0. The maximum absolute atomic E-state index is 12.8. The summed E-state index contributed by atoms with van der Waals surface area (Å²) in [6.45, 7) is 1.69. The van der Waals surface area contributed by atoms with Crippen molar-refractivity contribution >= 4 is 22.6 Å². The third kappa shape index (κ3) is 2.33. The van der Waals surface area contributed by atoms with Crippen LogP contribution in [0.15, 0.2) is 12.3 Å². The first-order chi connectivity index (χ1) is 6.75. The highest BCUT2D eigenvalue weighted by atomic mass is 127. The van der Waals surface area contributed by atoms with E-state index in [2.05, 4.69) is 10.3 Å². The summed E-state index contributed by atoms with van der Waals surface area (Å²) in [6.07, 6.45) is 2.56. The van der Waals surface area contributed by atoms with E-state index < -0.39 is 5.95 Å². The van der Waals surface area contributed by atoms with Gasteiger partial charge in [0.2, 0.25) is 5.95 Å². The minimum atomic E-state index is -0.445. The normalized spacial score (nSPS) is 20.3. The van der Waals surface area contributed by atoms with Crippen molar-refractivity contribution in [3.05, 3.63) is 21.8 Å². The summed E-state index contributed by atoms with van der Waals surface area (Å²) in [5.74, 6) is 0.184. The summed E-state index contributed by atoms with van der Waals surface area (Å²) >= 11 is 1.90. The zero-order valence-corrected chi connectivity index (χ0v) is 9.62. The smallest absolute Gasteiger partial charge is 0.226 e. The zero-order valence-electron chi connectivity index (χ0n) is 7.46. The number of hydrogen-bond donors (Lipinski definition) is 1. The molecular weight excluding hydrogens is 298 g/mol. The largest absolute Gasteiger partial charge is 0.490 e. The summed E-state index contributed by atoms with van der Waals surface area (Å²) in [5.41, 5.74) is 0. The van der Waals surface area contributed by atoms with Gasteiger partial charge in [-0.25, -0.2) is 4.98 Å². The lowest BCUT2D eigenvalue weighted by Crippen LogP contribution is -2.46. The van der Waals surface area contributed by atoms with Crippen LogP contribution in [-0.4, -0.2) is 24.2 Å². The van der Waals surface area contributed by atoms with Crippen molar-refractivity contribution in [1.29, 1.82) is 0 Å². The molecule has 0 aromatic carbocycles. The fraction of sp³-hybridized carbons (Fsp3) is 0.444. The topological polar surface area (TPSA) is 34.1 Å². The van der Waals surface area contributed by atoms with E-state index in [-0.39, 0.29) is 0 Å². The number of hydrogen-bond acceptors (Lipinski definition) is 3. The highest BCUT2D eigenvalue weighted by Crippen LogP contribution is 2.16. The van der Waals surface area contributed by atoms with Crippen molar-refractivity contribution in [2.75, 3.05) is 13.2 Å². The number of ether oxygens (including phenoxy) is 1. The Hall–Kier alpha value is -0.430. The standard InChI is InChI=1S/C9H10FIN2O/c10-9-8(11)3-7(4-13-9)14-5-6-1-2-12-6/h3-4,6,12H,1-2,5H2/t6-/m0/s1. The van der Waals surface area contributed by atoms with Gasteiger partial charge in [0.1, 0.15) is 12.4 Å². The predicted octanol–water partition coefficient (Wildman–Crippen LogP) is 1.57. The number of nitrogens with zero attached hydrogens (tertiary/aromatic N) is 1. The Balaban J connectivity index is 1.91. The summed E-state index contributed by atoms with van der Waals surface area (Å²) < 4.78 is 18.7. The SMILES string of the molecule is Fc1ncc(OC[C@@H]2CCN2)cc1I. The highest BCUT2D eigenvalue weighted by molar-refractivity contribution is 14.1. The molecule has 0 saturated carbocycles. The molecule has 1 fully saturated rings. The van der Waals surface area contributed by atoms with Crippen LogP contribution in [-0.2, 0) is 0 Å². The van der Waals surface area contributed by atoms with E-state index in [1.54, 1.807) is 6.07 Å². The number of halogens is 2. The number of rotatable bonds is 3. The monoisotopic (exact) mass is 308 g/mol. The third-order valence-corrected chi connectivity index (χ3v) is 2.90. The van der Waals surface area contributed by atoms with Crippen molar-refractivity contribution in [3.8, 4) is 5.75 Å². The molecule has 1 N–H and O–H groups in total. The molecule has 5 heteroatoms. The van der Waals surface area contributed by atoms with Crippen LogP contribution in [0, 0.1) is 9.52 Å². The molecule has 3 nitrogen and oxygen atoms in total. The van der Waals surface area contributed by atoms with Crippen LogP contribution in [0.3, 0.4) is 0 Å². The van der Waals surface area contributed by atoms with Gasteiger partial charge in [-0.15, -0.1) is 0 Å². The number of pyridine rings is 1. The third-order valence-electron chi connectivity index (χ3n) is 2.15. The van der Waals surface area contributed by atoms with Gasteiger partial charge in [-0.2, -0.15) is 4.39 Å². The average Bonchev–Trinajstić information content (AvgIpc) is 2.08. The highest BCUT2D eigenvalue weighted by Gasteiger charge is 2.16. The van der Waals surface area contributed by atoms with Crippen LogP contribution in [0.25, 0.3) is 0 Å². The molecule has 1 aliphatic rings. The molecule has 1 aromatic heterocycles. The molecule has 1 aliphatic heterocycles. The van der Waals surface area contributed by atoms with E-state index in [4.69, 9.17) is 4.74 Å². The van der Waals surface area contributed by atoms with Gasteiger partial charge in [0, 0.05) is 6.04 Å². The predicted molar refractivity (Wildman–Crippen MR) is 58.8 cm³/mol. The minimum absolute atomic E-state index is 0.442. The first kappa shape index (κ1) is 10.1. The number of aromatic nitrogens is 1. The van der Waals surface area contributed by atoms with Crippen LogP contribution < -0.4 is 10.1 Å².